The van der Waals surface area contributed by atoms with E-state index in [-0.39, 0.29) is 12.5 Å². The van der Waals surface area contributed by atoms with Gasteiger partial charge in [0.15, 0.2) is 0 Å². The molecule has 1 heterocycles. The second-order valence-electron chi connectivity index (χ2n) is 5.59. The molecular formula is C15H23ClN2O2S. The Morgan fingerprint density at radius 3 is 2.71 bits per heavy atom. The number of thiophene rings is 1. The minimum Gasteiger partial charge on any atom is -0.395 e. The van der Waals surface area contributed by atoms with Crippen molar-refractivity contribution in [3.63, 3.8) is 0 Å². The van der Waals surface area contributed by atoms with Gasteiger partial charge in [0.05, 0.1) is 24.0 Å². The topological polar surface area (TPSA) is 43.8 Å². The normalized spacial score (nSPS) is 15.8. The number of nitrogens with zero attached hydrogens (tertiary/aromatic N) is 2. The molecule has 0 atom stereocenters. The number of likely N-dealkylation sites (N-methyl/N-ethyl adjacent to an activating group) is 1. The van der Waals surface area contributed by atoms with Gasteiger partial charge < -0.3 is 10.0 Å². The van der Waals surface area contributed by atoms with Crippen molar-refractivity contribution in [1.29, 1.82) is 0 Å². The molecule has 1 aromatic rings. The van der Waals surface area contributed by atoms with E-state index in [9.17, 15) is 9.90 Å². The Labute approximate surface area is 135 Å². The van der Waals surface area contributed by atoms with Crippen LogP contribution in [0.3, 0.4) is 0 Å². The number of aliphatic hydroxyl groups excluding tert-OH is 1. The van der Waals surface area contributed by atoms with Crippen LogP contribution >= 0.6 is 22.9 Å². The SMILES string of the molecule is CN(Cc1ccc(Cl)s1)C(=O)CN(CCO)C1CCCC1. The Hall–Kier alpha value is -0.620. The van der Waals surface area contributed by atoms with Crippen molar-refractivity contribution in [2.24, 2.45) is 0 Å². The van der Waals surface area contributed by atoms with Crippen molar-refractivity contribution in [1.82, 2.24) is 9.80 Å². The van der Waals surface area contributed by atoms with Crippen molar-refractivity contribution in [3.8, 4) is 0 Å². The lowest BCUT2D eigenvalue weighted by atomic mass is 10.2. The highest BCUT2D eigenvalue weighted by Crippen LogP contribution is 2.24. The van der Waals surface area contributed by atoms with Crippen LogP contribution in [0.1, 0.15) is 30.6 Å². The summed E-state index contributed by atoms with van der Waals surface area (Å²) < 4.78 is 0.749. The molecule has 1 aromatic heterocycles. The van der Waals surface area contributed by atoms with Crippen LogP contribution in [-0.4, -0.2) is 53.6 Å². The fourth-order valence-electron chi connectivity index (χ4n) is 2.84. The summed E-state index contributed by atoms with van der Waals surface area (Å²) in [5.74, 6) is 0.0971. The van der Waals surface area contributed by atoms with Crippen LogP contribution in [0.15, 0.2) is 12.1 Å². The number of amides is 1. The largest absolute Gasteiger partial charge is 0.395 e. The molecule has 1 amide bonds. The molecule has 6 heteroatoms. The summed E-state index contributed by atoms with van der Waals surface area (Å²) in [4.78, 5) is 17.3. The maximum absolute atomic E-state index is 12.4. The fraction of sp³-hybridized carbons (Fsp3) is 0.667. The highest BCUT2D eigenvalue weighted by Gasteiger charge is 2.25. The zero-order valence-corrected chi connectivity index (χ0v) is 14.0. The molecule has 0 saturated heterocycles. The van der Waals surface area contributed by atoms with Crippen molar-refractivity contribution < 1.29 is 9.90 Å². The van der Waals surface area contributed by atoms with Crippen molar-refractivity contribution in [2.75, 3.05) is 26.7 Å². The van der Waals surface area contributed by atoms with Gasteiger partial charge in [-0.2, -0.15) is 0 Å². The minimum atomic E-state index is 0.0971. The maximum Gasteiger partial charge on any atom is 0.236 e. The van der Waals surface area contributed by atoms with E-state index in [0.717, 1.165) is 22.1 Å². The van der Waals surface area contributed by atoms with E-state index in [4.69, 9.17) is 11.6 Å². The van der Waals surface area contributed by atoms with E-state index in [1.165, 1.54) is 24.2 Å². The van der Waals surface area contributed by atoms with Crippen LogP contribution in [0.2, 0.25) is 4.34 Å². The lowest BCUT2D eigenvalue weighted by Gasteiger charge is -2.29. The number of rotatable bonds is 7. The van der Waals surface area contributed by atoms with E-state index in [1.54, 1.807) is 4.90 Å². The second-order valence-corrected chi connectivity index (χ2v) is 7.39. The van der Waals surface area contributed by atoms with Crippen LogP contribution in [0.5, 0.6) is 0 Å². The minimum absolute atomic E-state index is 0.0971. The summed E-state index contributed by atoms with van der Waals surface area (Å²) in [6.45, 7) is 1.66. The molecule has 1 aliphatic carbocycles. The first-order valence-corrected chi connectivity index (χ1v) is 8.62. The first-order valence-electron chi connectivity index (χ1n) is 7.43. The Balaban J connectivity index is 1.87. The Morgan fingerprint density at radius 2 is 2.14 bits per heavy atom. The third kappa shape index (κ3) is 4.95. The number of halogens is 1. The van der Waals surface area contributed by atoms with Gasteiger partial charge in [-0.05, 0) is 25.0 Å². The van der Waals surface area contributed by atoms with Gasteiger partial charge in [-0.15, -0.1) is 11.3 Å². The van der Waals surface area contributed by atoms with Crippen molar-refractivity contribution in [2.45, 2.75) is 38.3 Å². The smallest absolute Gasteiger partial charge is 0.236 e. The van der Waals surface area contributed by atoms with Crippen molar-refractivity contribution in [3.05, 3.63) is 21.3 Å². The average molecular weight is 331 g/mol. The Morgan fingerprint density at radius 1 is 1.43 bits per heavy atom. The van der Waals surface area contributed by atoms with Crippen LogP contribution in [0.25, 0.3) is 0 Å². The molecule has 2 rings (SSSR count). The van der Waals surface area contributed by atoms with E-state index >= 15 is 0 Å². The number of carbonyl (C=O) groups is 1. The summed E-state index contributed by atoms with van der Waals surface area (Å²) in [6.07, 6.45) is 4.73. The molecule has 0 aromatic carbocycles. The van der Waals surface area contributed by atoms with E-state index in [2.05, 4.69) is 4.90 Å². The molecule has 1 fully saturated rings. The second kappa shape index (κ2) is 8.13. The van der Waals surface area contributed by atoms with Gasteiger partial charge in [0.1, 0.15) is 0 Å². The fourth-order valence-corrected chi connectivity index (χ4v) is 3.98. The monoisotopic (exact) mass is 330 g/mol. The molecule has 0 radical (unpaired) electrons. The highest BCUT2D eigenvalue weighted by atomic mass is 35.5. The van der Waals surface area contributed by atoms with Gasteiger partial charge in [0.25, 0.3) is 0 Å². The Kier molecular flexibility index (Phi) is 6.48. The third-order valence-electron chi connectivity index (χ3n) is 4.01. The Bertz CT molecular complexity index is 460. The molecule has 4 nitrogen and oxygen atoms in total. The lowest BCUT2D eigenvalue weighted by Crippen LogP contribution is -2.43. The molecule has 1 aliphatic rings. The molecule has 118 valence electrons. The predicted octanol–water partition coefficient (Wildman–Crippen LogP) is 2.60. The van der Waals surface area contributed by atoms with Gasteiger partial charge >= 0.3 is 0 Å². The van der Waals surface area contributed by atoms with Gasteiger partial charge in [0, 0.05) is 24.5 Å². The van der Waals surface area contributed by atoms with Crippen LogP contribution in [-0.2, 0) is 11.3 Å². The van der Waals surface area contributed by atoms with Crippen LogP contribution in [0, 0.1) is 0 Å². The van der Waals surface area contributed by atoms with E-state index in [0.29, 0.717) is 25.7 Å². The first kappa shape index (κ1) is 16.7. The quantitative estimate of drug-likeness (QED) is 0.835. The standard InChI is InChI=1S/C15H23ClN2O2S/c1-17(10-13-6-7-14(16)21-13)15(20)11-18(8-9-19)12-4-2-3-5-12/h6-7,12,19H,2-5,8-11H2,1H3. The van der Waals surface area contributed by atoms with Gasteiger partial charge in [-0.3, -0.25) is 9.69 Å². The molecule has 0 aliphatic heterocycles. The molecule has 0 unspecified atom stereocenters. The summed E-state index contributed by atoms with van der Waals surface area (Å²) >= 11 is 7.42. The maximum atomic E-state index is 12.4. The predicted molar refractivity (Wildman–Crippen MR) is 86.7 cm³/mol. The molecule has 1 saturated carbocycles. The number of hydrogen-bond donors (Lipinski definition) is 1. The molecular weight excluding hydrogens is 308 g/mol. The lowest BCUT2D eigenvalue weighted by molar-refractivity contribution is -0.132. The van der Waals surface area contributed by atoms with E-state index < -0.39 is 0 Å². The molecule has 1 N–H and O–H groups in total. The highest BCUT2D eigenvalue weighted by molar-refractivity contribution is 7.16. The van der Waals surface area contributed by atoms with Crippen LogP contribution in [0.4, 0.5) is 0 Å². The molecule has 0 bridgehead atoms. The summed E-state index contributed by atoms with van der Waals surface area (Å²) in [5, 5.41) is 9.21. The number of aliphatic hydroxyl groups is 1. The number of carbonyl (C=O) groups excluding carboxylic acids is 1. The zero-order chi connectivity index (χ0) is 15.2. The molecule has 21 heavy (non-hydrogen) atoms. The average Bonchev–Trinajstić information content (AvgIpc) is 3.10. The van der Waals surface area contributed by atoms with Crippen LogP contribution < -0.4 is 0 Å². The third-order valence-corrected chi connectivity index (χ3v) is 5.23. The van der Waals surface area contributed by atoms with Gasteiger partial charge in [-0.1, -0.05) is 24.4 Å². The molecule has 0 spiro atoms. The van der Waals surface area contributed by atoms with Crippen molar-refractivity contribution >= 4 is 28.8 Å². The first-order chi connectivity index (χ1) is 10.1. The summed E-state index contributed by atoms with van der Waals surface area (Å²) in [6, 6.07) is 4.26. The summed E-state index contributed by atoms with van der Waals surface area (Å²) in [7, 11) is 1.82. The zero-order valence-electron chi connectivity index (χ0n) is 12.4. The summed E-state index contributed by atoms with van der Waals surface area (Å²) in [5.41, 5.74) is 0. The van der Waals surface area contributed by atoms with Gasteiger partial charge in [0.2, 0.25) is 5.91 Å². The number of hydrogen-bond acceptors (Lipinski definition) is 4. The van der Waals surface area contributed by atoms with E-state index in [1.807, 2.05) is 19.2 Å². The van der Waals surface area contributed by atoms with Gasteiger partial charge in [-0.25, -0.2) is 0 Å².